The first kappa shape index (κ1) is 11.0. The van der Waals surface area contributed by atoms with E-state index in [1.54, 1.807) is 18.3 Å². The van der Waals surface area contributed by atoms with Crippen LogP contribution < -0.4 is 4.90 Å². The standard InChI is InChI=1S/C10H14N2OS2/c1-7-5-14-4-3-12(7)10-11-9(6-15-10)8(2)13/h6-7H,3-5H2,1-2H3. The SMILES string of the molecule is CC(=O)c1csc(N2CCSCC2C)n1. The van der Waals surface area contributed by atoms with E-state index in [0.29, 0.717) is 11.7 Å². The molecule has 1 fully saturated rings. The molecule has 1 aliphatic rings. The zero-order valence-electron chi connectivity index (χ0n) is 8.90. The van der Waals surface area contributed by atoms with Crippen molar-refractivity contribution in [3.8, 4) is 0 Å². The number of rotatable bonds is 2. The second kappa shape index (κ2) is 4.53. The Balaban J connectivity index is 2.17. The number of anilines is 1. The van der Waals surface area contributed by atoms with Crippen molar-refractivity contribution in [2.75, 3.05) is 23.0 Å². The summed E-state index contributed by atoms with van der Waals surface area (Å²) in [6, 6.07) is 0.523. The first-order valence-electron chi connectivity index (χ1n) is 4.99. The maximum Gasteiger partial charge on any atom is 0.186 e. The molecule has 0 aliphatic carbocycles. The zero-order chi connectivity index (χ0) is 10.8. The second-order valence-corrected chi connectivity index (χ2v) is 5.68. The van der Waals surface area contributed by atoms with Crippen LogP contribution in [0.25, 0.3) is 0 Å². The van der Waals surface area contributed by atoms with Gasteiger partial charge in [-0.1, -0.05) is 0 Å². The van der Waals surface area contributed by atoms with E-state index >= 15 is 0 Å². The van der Waals surface area contributed by atoms with Crippen LogP contribution in [0.3, 0.4) is 0 Å². The van der Waals surface area contributed by atoms with Gasteiger partial charge in [0.25, 0.3) is 0 Å². The molecule has 3 nitrogen and oxygen atoms in total. The Morgan fingerprint density at radius 1 is 1.67 bits per heavy atom. The van der Waals surface area contributed by atoms with E-state index < -0.39 is 0 Å². The normalized spacial score (nSPS) is 21.7. The van der Waals surface area contributed by atoms with Gasteiger partial charge < -0.3 is 4.90 Å². The molecule has 0 radical (unpaired) electrons. The van der Waals surface area contributed by atoms with Crippen LogP contribution in [-0.4, -0.2) is 34.9 Å². The van der Waals surface area contributed by atoms with Crippen LogP contribution in [0.2, 0.25) is 0 Å². The van der Waals surface area contributed by atoms with Crippen molar-refractivity contribution in [3.63, 3.8) is 0 Å². The molecule has 1 aromatic heterocycles. The van der Waals surface area contributed by atoms with Gasteiger partial charge in [0.05, 0.1) is 0 Å². The van der Waals surface area contributed by atoms with Crippen LogP contribution in [-0.2, 0) is 0 Å². The van der Waals surface area contributed by atoms with Crippen LogP contribution in [0, 0.1) is 0 Å². The number of ketones is 1. The van der Waals surface area contributed by atoms with Gasteiger partial charge in [-0.15, -0.1) is 11.3 Å². The second-order valence-electron chi connectivity index (χ2n) is 3.69. The number of carbonyl (C=O) groups excluding carboxylic acids is 1. The number of hydrogen-bond acceptors (Lipinski definition) is 5. The first-order chi connectivity index (χ1) is 7.18. The summed E-state index contributed by atoms with van der Waals surface area (Å²) in [5, 5.41) is 2.85. The molecule has 1 aliphatic heterocycles. The quantitative estimate of drug-likeness (QED) is 0.745. The first-order valence-corrected chi connectivity index (χ1v) is 7.03. The molecular weight excluding hydrogens is 228 g/mol. The third kappa shape index (κ3) is 2.34. The molecule has 0 amide bonds. The van der Waals surface area contributed by atoms with Crippen molar-refractivity contribution in [2.45, 2.75) is 19.9 Å². The van der Waals surface area contributed by atoms with Gasteiger partial charge in [0.15, 0.2) is 10.9 Å². The Morgan fingerprint density at radius 3 is 3.07 bits per heavy atom. The molecule has 1 saturated heterocycles. The smallest absolute Gasteiger partial charge is 0.186 e. The largest absolute Gasteiger partial charge is 0.344 e. The lowest BCUT2D eigenvalue weighted by atomic mass is 10.3. The minimum Gasteiger partial charge on any atom is -0.344 e. The Labute approximate surface area is 97.9 Å². The molecule has 2 heterocycles. The topological polar surface area (TPSA) is 33.2 Å². The van der Waals surface area contributed by atoms with E-state index in [0.717, 1.165) is 23.2 Å². The fourth-order valence-corrected chi connectivity index (χ4v) is 3.58. The maximum atomic E-state index is 11.1. The highest BCUT2D eigenvalue weighted by molar-refractivity contribution is 7.99. The lowest BCUT2D eigenvalue weighted by molar-refractivity contribution is 0.101. The Morgan fingerprint density at radius 2 is 2.47 bits per heavy atom. The van der Waals surface area contributed by atoms with Gasteiger partial charge >= 0.3 is 0 Å². The molecular formula is C10H14N2OS2. The molecule has 82 valence electrons. The summed E-state index contributed by atoms with van der Waals surface area (Å²) in [7, 11) is 0. The van der Waals surface area contributed by atoms with Crippen molar-refractivity contribution in [1.82, 2.24) is 4.98 Å². The number of thiazole rings is 1. The molecule has 0 bridgehead atoms. The molecule has 15 heavy (non-hydrogen) atoms. The molecule has 1 atom stereocenters. The van der Waals surface area contributed by atoms with Gasteiger partial charge in [0.1, 0.15) is 5.69 Å². The summed E-state index contributed by atoms with van der Waals surface area (Å²) in [5.74, 6) is 2.35. The summed E-state index contributed by atoms with van der Waals surface area (Å²) >= 11 is 3.56. The van der Waals surface area contributed by atoms with Crippen molar-refractivity contribution >= 4 is 34.0 Å². The van der Waals surface area contributed by atoms with Crippen molar-refractivity contribution in [2.24, 2.45) is 0 Å². The molecule has 0 spiro atoms. The summed E-state index contributed by atoms with van der Waals surface area (Å²) in [4.78, 5) is 17.8. The van der Waals surface area contributed by atoms with E-state index in [9.17, 15) is 4.79 Å². The molecule has 5 heteroatoms. The predicted octanol–water partition coefficient (Wildman–Crippen LogP) is 2.29. The van der Waals surface area contributed by atoms with Gasteiger partial charge in [-0.05, 0) is 6.92 Å². The van der Waals surface area contributed by atoms with Crippen LogP contribution in [0.4, 0.5) is 5.13 Å². The van der Waals surface area contributed by atoms with Crippen LogP contribution in [0.1, 0.15) is 24.3 Å². The Hall–Kier alpha value is -0.550. The highest BCUT2D eigenvalue weighted by atomic mass is 32.2. The number of hydrogen-bond donors (Lipinski definition) is 0. The number of thioether (sulfide) groups is 1. The fraction of sp³-hybridized carbons (Fsp3) is 0.600. The highest BCUT2D eigenvalue weighted by Gasteiger charge is 2.21. The van der Waals surface area contributed by atoms with E-state index in [2.05, 4.69) is 16.8 Å². The third-order valence-electron chi connectivity index (χ3n) is 2.47. The number of aromatic nitrogens is 1. The lowest BCUT2D eigenvalue weighted by Crippen LogP contribution is -2.40. The molecule has 1 aromatic rings. The zero-order valence-corrected chi connectivity index (χ0v) is 10.5. The molecule has 0 N–H and O–H groups in total. The van der Waals surface area contributed by atoms with E-state index in [1.165, 1.54) is 0 Å². The third-order valence-corrected chi connectivity index (χ3v) is 4.53. The monoisotopic (exact) mass is 242 g/mol. The summed E-state index contributed by atoms with van der Waals surface area (Å²) in [5.41, 5.74) is 0.598. The lowest BCUT2D eigenvalue weighted by Gasteiger charge is -2.32. The minimum absolute atomic E-state index is 0.0523. The van der Waals surface area contributed by atoms with E-state index in [-0.39, 0.29) is 5.78 Å². The van der Waals surface area contributed by atoms with Crippen LogP contribution >= 0.6 is 23.1 Å². The maximum absolute atomic E-state index is 11.1. The van der Waals surface area contributed by atoms with Crippen molar-refractivity contribution < 1.29 is 4.79 Å². The summed E-state index contributed by atoms with van der Waals surface area (Å²) in [6.07, 6.45) is 0. The Bertz CT molecular complexity index is 364. The van der Waals surface area contributed by atoms with Gasteiger partial charge in [0, 0.05) is 36.4 Å². The van der Waals surface area contributed by atoms with E-state index in [1.807, 2.05) is 17.1 Å². The predicted molar refractivity (Wildman–Crippen MR) is 66.3 cm³/mol. The van der Waals surface area contributed by atoms with Gasteiger partial charge in [-0.25, -0.2) is 4.98 Å². The average molecular weight is 242 g/mol. The molecule has 1 unspecified atom stereocenters. The van der Waals surface area contributed by atoms with Crippen LogP contribution in [0.5, 0.6) is 0 Å². The fourth-order valence-electron chi connectivity index (χ4n) is 1.57. The molecule has 0 aromatic carbocycles. The number of Topliss-reactive ketones (excluding diaryl/α,β-unsaturated/α-hetero) is 1. The number of carbonyl (C=O) groups is 1. The summed E-state index contributed by atoms with van der Waals surface area (Å²) < 4.78 is 0. The van der Waals surface area contributed by atoms with Gasteiger partial charge in [-0.2, -0.15) is 11.8 Å². The van der Waals surface area contributed by atoms with Gasteiger partial charge in [-0.3, -0.25) is 4.79 Å². The van der Waals surface area contributed by atoms with Gasteiger partial charge in [0.2, 0.25) is 0 Å². The molecule has 2 rings (SSSR count). The highest BCUT2D eigenvalue weighted by Crippen LogP contribution is 2.27. The average Bonchev–Trinajstić information content (AvgIpc) is 2.67. The van der Waals surface area contributed by atoms with Crippen LogP contribution in [0.15, 0.2) is 5.38 Å². The molecule has 0 saturated carbocycles. The van der Waals surface area contributed by atoms with Crippen molar-refractivity contribution in [1.29, 1.82) is 0 Å². The van der Waals surface area contributed by atoms with E-state index in [4.69, 9.17) is 0 Å². The van der Waals surface area contributed by atoms with Crippen molar-refractivity contribution in [3.05, 3.63) is 11.1 Å². The minimum atomic E-state index is 0.0523. The summed E-state index contributed by atoms with van der Waals surface area (Å²) in [6.45, 7) is 4.81. The number of nitrogens with zero attached hydrogens (tertiary/aromatic N) is 2. The Kier molecular flexibility index (Phi) is 3.31.